The van der Waals surface area contributed by atoms with Crippen LogP contribution in [0, 0.1) is 0 Å². The zero-order chi connectivity index (χ0) is 74.8. The van der Waals surface area contributed by atoms with Crippen LogP contribution in [0.25, 0.3) is 0 Å². The Balaban J connectivity index is 0.882. The molecule has 14 bridgehead atoms. The summed E-state index contributed by atoms with van der Waals surface area (Å²) in [4.78, 5) is 4.53. The number of hydrogen-bond donors (Lipinski definition) is 20. The van der Waals surface area contributed by atoms with E-state index in [2.05, 4.69) is 30.9 Å². The highest BCUT2D eigenvalue weighted by molar-refractivity contribution is 6.99. The van der Waals surface area contributed by atoms with Gasteiger partial charge in [-0.3, -0.25) is 4.98 Å². The van der Waals surface area contributed by atoms with Crippen molar-refractivity contribution in [2.45, 2.75) is 247 Å². The van der Waals surface area contributed by atoms with Gasteiger partial charge in [0.2, 0.25) is 0 Å². The highest BCUT2D eigenvalue weighted by Gasteiger charge is 2.61. The van der Waals surface area contributed by atoms with Crippen LogP contribution >= 0.6 is 0 Å². The lowest BCUT2D eigenvalue weighted by Crippen LogP contribution is -2.68. The van der Waals surface area contributed by atoms with Gasteiger partial charge >= 0.3 is 8.32 Å². The van der Waals surface area contributed by atoms with E-state index in [1.54, 1.807) is 12.1 Å². The Morgan fingerprint density at radius 1 is 0.356 bits per heavy atom. The minimum atomic E-state index is -3.13. The van der Waals surface area contributed by atoms with Crippen LogP contribution in [0.1, 0.15) is 32.0 Å². The van der Waals surface area contributed by atoms with Gasteiger partial charge in [-0.05, 0) is 22.0 Å². The third-order valence-corrected chi connectivity index (χ3v) is 24.6. The fraction of sp³-hybridized carbons (Fsp3) is 0.723. The molecular formula is C65H94N2O36Si. The van der Waals surface area contributed by atoms with Crippen molar-refractivity contribution in [3.63, 3.8) is 0 Å². The van der Waals surface area contributed by atoms with Crippen LogP contribution in [-0.4, -0.2) is 383 Å². The van der Waals surface area contributed by atoms with E-state index in [9.17, 15) is 102 Å². The fourth-order valence-electron chi connectivity index (χ4n) is 14.1. The van der Waals surface area contributed by atoms with E-state index in [1.165, 1.54) is 12.4 Å². The van der Waals surface area contributed by atoms with E-state index >= 15 is 0 Å². The molecule has 0 radical (unpaired) electrons. The van der Waals surface area contributed by atoms with Crippen molar-refractivity contribution in [1.82, 2.24) is 4.98 Å². The highest BCUT2D eigenvalue weighted by Crippen LogP contribution is 2.41. The van der Waals surface area contributed by atoms with Crippen molar-refractivity contribution < 1.29 is 178 Å². The molecule has 16 heterocycles. The number of aromatic nitrogens is 1. The number of oxime groups is 1. The molecule has 0 saturated carbocycles. The molecule has 104 heavy (non-hydrogen) atoms. The number of aliphatic hydroxyl groups excluding tert-OH is 20. The lowest BCUT2D eigenvalue weighted by atomic mass is 9.95. The summed E-state index contributed by atoms with van der Waals surface area (Å²) in [5.74, 6) is 0. The number of nitrogens with zero attached hydrogens (tertiary/aromatic N) is 2. The average molecular weight is 1510 g/mol. The maximum Gasteiger partial charge on any atom is 0.354 e. The molecule has 0 spiro atoms. The maximum atomic E-state index is 12.5. The second-order valence-corrected chi connectivity index (χ2v) is 31.7. The molecular weight excluding hydrogens is 1410 g/mol. The molecule has 0 unspecified atom stereocenters. The predicted octanol–water partition coefficient (Wildman–Crippen LogP) is -10.7. The number of hydrogen-bond acceptors (Lipinski definition) is 38. The molecule has 1 aromatic heterocycles. The standard InChI is InChI=1S/C65H94N2O36Si/c1-65(2,3)104(28-10-6-4-7-11-28,29-12-8-5-9-13-29)103-67-17-27-15-14-26(16-66-27)25-88-57-49(87)56-36(24-74)95-64(57)102-55-35(23-73)94-62(48(86)42(55)80)100-53-33(21-71)92-60(46(84)40(53)78)98-51-31(19-69)90-58(44(82)38(51)76)96-50-30(18-68)89-59(43(81)37(50)75)97-52-32(20-70)91-61(45(83)39(52)77)99-54-34(22-72)93-63(101-56)47(85)41(54)79/h4-17,30-64,68-87H,18-25H2,1-3H3/b67-17+/t30-,31-,32-,33-,34-,35-,36-,37-,38-,39-,40-,41-,42-,43-,44-,45-,46-,47-,48-,49+,50-,51-,52-,53-,54-,55-,56-,57-,58-,59-,60-,61-,62-,63-,64-/m1/s1. The Morgan fingerprint density at radius 3 is 0.885 bits per heavy atom. The summed E-state index contributed by atoms with van der Waals surface area (Å²) in [5.41, 5.74) is 0.665. The van der Waals surface area contributed by atoms with Gasteiger partial charge in [0.05, 0.1) is 64.8 Å². The molecule has 15 aliphatic heterocycles. The number of rotatable bonds is 15. The number of ether oxygens (including phenoxy) is 15. The van der Waals surface area contributed by atoms with Gasteiger partial charge in [-0.15, -0.1) is 5.16 Å². The molecule has 15 saturated heterocycles. The first-order chi connectivity index (χ1) is 49.7. The van der Waals surface area contributed by atoms with Gasteiger partial charge in [0.15, 0.2) is 44.0 Å². The van der Waals surface area contributed by atoms with E-state index in [4.69, 9.17) is 75.6 Å². The van der Waals surface area contributed by atoms with Gasteiger partial charge in [0, 0.05) is 11.2 Å². The molecule has 18 rings (SSSR count). The summed E-state index contributed by atoms with van der Waals surface area (Å²) in [6.45, 7) is -1.64. The Morgan fingerprint density at radius 2 is 0.625 bits per heavy atom. The van der Waals surface area contributed by atoms with Crippen LogP contribution in [0.15, 0.2) is 84.1 Å². The summed E-state index contributed by atoms with van der Waals surface area (Å²) >= 11 is 0. The van der Waals surface area contributed by atoms with Crippen LogP contribution in [0.3, 0.4) is 0 Å². The summed E-state index contributed by atoms with van der Waals surface area (Å²) in [5, 5.41) is 232. The van der Waals surface area contributed by atoms with Crippen LogP contribution in [-0.2, 0) is 82.2 Å². The summed E-state index contributed by atoms with van der Waals surface area (Å²) < 4.78 is 95.5. The van der Waals surface area contributed by atoms with E-state index in [0.717, 1.165) is 10.4 Å². The van der Waals surface area contributed by atoms with E-state index in [-0.39, 0.29) is 0 Å². The van der Waals surface area contributed by atoms with Crippen molar-refractivity contribution in [3.8, 4) is 0 Å². The van der Waals surface area contributed by atoms with Gasteiger partial charge in [-0.25, -0.2) is 0 Å². The Hall–Kier alpha value is -4.12. The zero-order valence-electron chi connectivity index (χ0n) is 56.3. The lowest BCUT2D eigenvalue weighted by molar-refractivity contribution is -0.398. The van der Waals surface area contributed by atoms with Crippen molar-refractivity contribution in [2.24, 2.45) is 5.16 Å². The van der Waals surface area contributed by atoms with Crippen LogP contribution < -0.4 is 10.4 Å². The number of fused-ring (bicyclic) bond motifs is 7. The molecule has 584 valence electrons. The van der Waals surface area contributed by atoms with Crippen molar-refractivity contribution in [2.75, 3.05) is 46.2 Å². The normalized spacial score (nSPS) is 44.4. The Bertz CT molecular complexity index is 3110. The smallest absolute Gasteiger partial charge is 0.354 e. The van der Waals surface area contributed by atoms with Crippen molar-refractivity contribution in [3.05, 3.63) is 90.3 Å². The largest absolute Gasteiger partial charge is 0.443 e. The molecule has 0 amide bonds. The third-order valence-electron chi connectivity index (χ3n) is 19.8. The summed E-state index contributed by atoms with van der Waals surface area (Å²) in [6.07, 6.45) is -67.8. The monoisotopic (exact) mass is 1510 g/mol. The SMILES string of the molecule is CC(C)(C)[Si](O/N=C/c1ccc(CO[C@H]2[C@H]3O[C@H]4[C@H](O)[C@@H](O)[C@@H](O[C@H]5[C@H](O)[C@@H](O)[C@@H](O[C@H]6[C@H](O)[C@@H](O)[C@@H](O[C@H]7[C@H](O)[C@@H](O)[C@@H](O[C@H]8[C@H](O)[C@@H](O)[C@@H](O[C@H]9[C@H](O)[C@@H](O)[C@@H](O[C@@H]([C@@H]2O)[C@@H](CO)O3)O[C@@H]9CO)O[C@@H]8CO)O[C@@H]7CO)O[C@@H]6CO)O[C@@H]5CO)O[C@@H]4CO)cn1)(c1ccccc1)c1ccccc1. The fourth-order valence-corrected chi connectivity index (χ4v) is 18.2. The van der Waals surface area contributed by atoms with E-state index in [0.29, 0.717) is 11.3 Å². The topological polar surface area (TPSA) is 578 Å². The number of benzene rings is 2. The molecule has 0 aliphatic carbocycles. The maximum absolute atomic E-state index is 12.5. The molecule has 15 fully saturated rings. The molecule has 15 aliphatic rings. The summed E-state index contributed by atoms with van der Waals surface area (Å²) in [6, 6.07) is 22.7. The zero-order valence-corrected chi connectivity index (χ0v) is 57.3. The highest BCUT2D eigenvalue weighted by atomic mass is 28.4. The van der Waals surface area contributed by atoms with Gasteiger partial charge < -0.3 is 178 Å². The molecule has 35 atom stereocenters. The molecule has 3 aromatic rings. The van der Waals surface area contributed by atoms with E-state index in [1.807, 2.05) is 60.7 Å². The van der Waals surface area contributed by atoms with Gasteiger partial charge in [-0.2, -0.15) is 0 Å². The molecule has 20 N–H and O–H groups in total. The van der Waals surface area contributed by atoms with E-state index < -0.39 is 281 Å². The van der Waals surface area contributed by atoms with Gasteiger partial charge in [0.1, 0.15) is 171 Å². The van der Waals surface area contributed by atoms with Crippen LogP contribution in [0.4, 0.5) is 0 Å². The van der Waals surface area contributed by atoms with Crippen molar-refractivity contribution >= 4 is 24.9 Å². The summed E-state index contributed by atoms with van der Waals surface area (Å²) in [7, 11) is -3.13. The lowest BCUT2D eigenvalue weighted by Gasteiger charge is -2.50. The Labute approximate surface area is 594 Å². The first kappa shape index (κ1) is 80.9. The second kappa shape index (κ2) is 34.8. The average Bonchev–Trinajstić information content (AvgIpc) is 0.747. The molecule has 38 nitrogen and oxygen atoms in total. The minimum absolute atomic E-state index is 0.331. The van der Waals surface area contributed by atoms with Crippen LogP contribution in [0.2, 0.25) is 5.04 Å². The number of pyridine rings is 1. The van der Waals surface area contributed by atoms with Gasteiger partial charge in [-0.1, -0.05) is 87.5 Å². The van der Waals surface area contributed by atoms with Crippen LogP contribution in [0.5, 0.6) is 0 Å². The number of aliphatic hydroxyl groups is 20. The first-order valence-electron chi connectivity index (χ1n) is 33.9. The first-order valence-corrected chi connectivity index (χ1v) is 35.8. The second-order valence-electron chi connectivity index (χ2n) is 27.5. The minimum Gasteiger partial charge on any atom is -0.443 e. The predicted molar refractivity (Wildman–Crippen MR) is 342 cm³/mol. The van der Waals surface area contributed by atoms with Crippen molar-refractivity contribution in [1.29, 1.82) is 0 Å². The molecule has 39 heteroatoms. The quantitative estimate of drug-likeness (QED) is 0.0382. The Kier molecular flexibility index (Phi) is 27.1. The third kappa shape index (κ3) is 16.4. The van der Waals surface area contributed by atoms with Gasteiger partial charge in [0.25, 0.3) is 0 Å². The molecule has 2 aromatic carbocycles.